The molecule has 3 aromatic rings. The number of carbonyl (C=O) groups is 2. The molecular weight excluding hydrogens is 330 g/mol. The van der Waals surface area contributed by atoms with Crippen molar-refractivity contribution in [2.45, 2.75) is 12.8 Å². The van der Waals surface area contributed by atoms with Crippen LogP contribution in [0, 0.1) is 0 Å². The molecule has 0 spiro atoms. The molecule has 0 fully saturated rings. The first kappa shape index (κ1) is 16.1. The fraction of sp³-hybridized carbons (Fsp3) is 0.267. The number of nitrogens with zero attached hydrogens (tertiary/aromatic N) is 4. The van der Waals surface area contributed by atoms with Crippen LogP contribution in [-0.2, 0) is 23.0 Å². The lowest BCUT2D eigenvalue weighted by Gasteiger charge is -2.00. The summed E-state index contributed by atoms with van der Waals surface area (Å²) in [6.07, 6.45) is 2.39. The van der Waals surface area contributed by atoms with Gasteiger partial charge < -0.3 is 4.74 Å². The number of esters is 1. The standard InChI is InChI=1S/C15H15N5O3S/c1-20-8-16-13(19-20)14(22)18-15-17-10-5-3-9(7-11(10)24-15)4-6-12(21)23-2/h3,5,7-8H,4,6H2,1-2H3,(H,17,18,22). The summed E-state index contributed by atoms with van der Waals surface area (Å²) in [5.74, 6) is -0.550. The summed E-state index contributed by atoms with van der Waals surface area (Å²) >= 11 is 1.36. The molecule has 0 aliphatic rings. The third kappa shape index (κ3) is 3.57. The summed E-state index contributed by atoms with van der Waals surface area (Å²) in [6, 6.07) is 5.74. The Morgan fingerprint density at radius 2 is 2.21 bits per heavy atom. The molecule has 0 saturated carbocycles. The van der Waals surface area contributed by atoms with Gasteiger partial charge in [0.1, 0.15) is 6.33 Å². The van der Waals surface area contributed by atoms with E-state index in [9.17, 15) is 9.59 Å². The molecule has 1 aromatic carbocycles. The van der Waals surface area contributed by atoms with Crippen molar-refractivity contribution in [1.82, 2.24) is 19.7 Å². The molecule has 2 aromatic heterocycles. The van der Waals surface area contributed by atoms with E-state index in [0.29, 0.717) is 18.0 Å². The van der Waals surface area contributed by atoms with Crippen molar-refractivity contribution in [2.24, 2.45) is 7.05 Å². The van der Waals surface area contributed by atoms with E-state index in [1.807, 2.05) is 18.2 Å². The Morgan fingerprint density at radius 3 is 2.92 bits per heavy atom. The second kappa shape index (κ2) is 6.75. The van der Waals surface area contributed by atoms with E-state index in [4.69, 9.17) is 0 Å². The lowest BCUT2D eigenvalue weighted by atomic mass is 10.1. The van der Waals surface area contributed by atoms with Crippen LogP contribution in [0.2, 0.25) is 0 Å². The van der Waals surface area contributed by atoms with Gasteiger partial charge in [0.25, 0.3) is 5.91 Å². The maximum absolute atomic E-state index is 12.0. The number of fused-ring (bicyclic) bond motifs is 1. The highest BCUT2D eigenvalue weighted by molar-refractivity contribution is 7.22. The van der Waals surface area contributed by atoms with Gasteiger partial charge in [-0.05, 0) is 24.1 Å². The van der Waals surface area contributed by atoms with Crippen LogP contribution in [0.1, 0.15) is 22.6 Å². The lowest BCUT2D eigenvalue weighted by molar-refractivity contribution is -0.140. The minimum atomic E-state index is -0.402. The van der Waals surface area contributed by atoms with E-state index >= 15 is 0 Å². The first-order chi connectivity index (χ1) is 11.5. The lowest BCUT2D eigenvalue weighted by Crippen LogP contribution is -2.13. The largest absolute Gasteiger partial charge is 0.469 e. The minimum absolute atomic E-state index is 0.0931. The Morgan fingerprint density at radius 1 is 1.38 bits per heavy atom. The predicted octanol–water partition coefficient (Wildman–Crippen LogP) is 1.78. The van der Waals surface area contributed by atoms with Crippen LogP contribution in [0.3, 0.4) is 0 Å². The topological polar surface area (TPSA) is 99.0 Å². The highest BCUT2D eigenvalue weighted by Crippen LogP contribution is 2.27. The molecule has 124 valence electrons. The summed E-state index contributed by atoms with van der Waals surface area (Å²) in [6.45, 7) is 0. The average Bonchev–Trinajstić information content (AvgIpc) is 3.17. The highest BCUT2D eigenvalue weighted by Gasteiger charge is 2.14. The maximum Gasteiger partial charge on any atom is 0.305 e. The Bertz CT molecular complexity index is 902. The molecule has 9 heteroatoms. The number of hydrogen-bond donors (Lipinski definition) is 1. The fourth-order valence-corrected chi connectivity index (χ4v) is 3.05. The molecule has 24 heavy (non-hydrogen) atoms. The van der Waals surface area contributed by atoms with Crippen molar-refractivity contribution in [2.75, 3.05) is 12.4 Å². The van der Waals surface area contributed by atoms with Crippen LogP contribution in [0.25, 0.3) is 10.2 Å². The zero-order chi connectivity index (χ0) is 17.1. The molecule has 1 amide bonds. The number of nitrogens with one attached hydrogen (secondary N) is 1. The first-order valence-corrected chi connectivity index (χ1v) is 8.00. The second-order valence-corrected chi connectivity index (χ2v) is 6.12. The zero-order valence-corrected chi connectivity index (χ0v) is 14.0. The van der Waals surface area contributed by atoms with Gasteiger partial charge in [-0.1, -0.05) is 17.4 Å². The van der Waals surface area contributed by atoms with Gasteiger partial charge in [-0.2, -0.15) is 0 Å². The summed E-state index contributed by atoms with van der Waals surface area (Å²) in [7, 11) is 3.07. The fourth-order valence-electron chi connectivity index (χ4n) is 2.12. The number of aromatic nitrogens is 4. The van der Waals surface area contributed by atoms with Gasteiger partial charge in [0, 0.05) is 13.5 Å². The maximum atomic E-state index is 12.0. The monoisotopic (exact) mass is 345 g/mol. The Balaban J connectivity index is 1.73. The van der Waals surface area contributed by atoms with Gasteiger partial charge in [0.05, 0.1) is 17.3 Å². The number of anilines is 1. The van der Waals surface area contributed by atoms with E-state index in [0.717, 1.165) is 15.8 Å². The molecular formula is C15H15N5O3S. The van der Waals surface area contributed by atoms with Crippen molar-refractivity contribution in [3.8, 4) is 0 Å². The van der Waals surface area contributed by atoms with E-state index in [2.05, 4.69) is 25.1 Å². The van der Waals surface area contributed by atoms with Crippen molar-refractivity contribution in [3.05, 3.63) is 35.9 Å². The summed E-state index contributed by atoms with van der Waals surface area (Å²) in [5.41, 5.74) is 1.80. The Hall–Kier alpha value is -2.81. The summed E-state index contributed by atoms with van der Waals surface area (Å²) < 4.78 is 7.03. The molecule has 0 saturated heterocycles. The van der Waals surface area contributed by atoms with Crippen molar-refractivity contribution in [1.29, 1.82) is 0 Å². The van der Waals surface area contributed by atoms with Crippen LogP contribution in [0.4, 0.5) is 5.13 Å². The third-order valence-corrected chi connectivity index (χ3v) is 4.26. The van der Waals surface area contributed by atoms with Crippen molar-refractivity contribution in [3.63, 3.8) is 0 Å². The molecule has 2 heterocycles. The van der Waals surface area contributed by atoms with Crippen LogP contribution in [-0.4, -0.2) is 38.7 Å². The molecule has 8 nitrogen and oxygen atoms in total. The van der Waals surface area contributed by atoms with E-state index in [1.54, 1.807) is 7.05 Å². The normalized spacial score (nSPS) is 10.8. The molecule has 0 bridgehead atoms. The van der Waals surface area contributed by atoms with Crippen LogP contribution in [0.15, 0.2) is 24.5 Å². The van der Waals surface area contributed by atoms with Gasteiger partial charge in [0.2, 0.25) is 5.82 Å². The van der Waals surface area contributed by atoms with Crippen LogP contribution < -0.4 is 5.32 Å². The minimum Gasteiger partial charge on any atom is -0.469 e. The Kier molecular flexibility index (Phi) is 4.52. The van der Waals surface area contributed by atoms with Gasteiger partial charge >= 0.3 is 5.97 Å². The smallest absolute Gasteiger partial charge is 0.305 e. The van der Waals surface area contributed by atoms with Gasteiger partial charge in [-0.15, -0.1) is 5.10 Å². The van der Waals surface area contributed by atoms with E-state index in [1.165, 1.54) is 29.5 Å². The number of amides is 1. The van der Waals surface area contributed by atoms with Crippen molar-refractivity contribution >= 4 is 38.6 Å². The molecule has 0 aliphatic carbocycles. The SMILES string of the molecule is COC(=O)CCc1ccc2nc(NC(=O)c3ncn(C)n3)sc2c1. The number of ether oxygens (including phenoxy) is 1. The number of benzene rings is 1. The van der Waals surface area contributed by atoms with Crippen LogP contribution >= 0.6 is 11.3 Å². The molecule has 3 rings (SSSR count). The van der Waals surface area contributed by atoms with Crippen molar-refractivity contribution < 1.29 is 14.3 Å². The molecule has 0 atom stereocenters. The number of thiazole rings is 1. The summed E-state index contributed by atoms with van der Waals surface area (Å²) in [4.78, 5) is 31.5. The van der Waals surface area contributed by atoms with Gasteiger partial charge in [-0.3, -0.25) is 19.6 Å². The average molecular weight is 345 g/mol. The summed E-state index contributed by atoms with van der Waals surface area (Å²) in [5, 5.41) is 7.13. The number of methoxy groups -OCH3 is 1. The van der Waals surface area contributed by atoms with Gasteiger partial charge in [-0.25, -0.2) is 9.97 Å². The van der Waals surface area contributed by atoms with Gasteiger partial charge in [0.15, 0.2) is 5.13 Å². The quantitative estimate of drug-likeness (QED) is 0.708. The number of carbonyl (C=O) groups excluding carboxylic acids is 2. The predicted molar refractivity (Wildman–Crippen MR) is 88.9 cm³/mol. The Labute approximate surface area is 141 Å². The number of rotatable bonds is 5. The number of hydrogen-bond acceptors (Lipinski definition) is 7. The zero-order valence-electron chi connectivity index (χ0n) is 13.1. The van der Waals surface area contributed by atoms with E-state index < -0.39 is 5.91 Å². The third-order valence-electron chi connectivity index (χ3n) is 3.32. The second-order valence-electron chi connectivity index (χ2n) is 5.09. The highest BCUT2D eigenvalue weighted by atomic mass is 32.1. The number of aryl methyl sites for hydroxylation is 2. The molecule has 1 N–H and O–H groups in total. The molecule has 0 radical (unpaired) electrons. The van der Waals surface area contributed by atoms with E-state index in [-0.39, 0.29) is 11.8 Å². The first-order valence-electron chi connectivity index (χ1n) is 7.18. The molecule has 0 aliphatic heterocycles. The molecule has 0 unspecified atom stereocenters. The van der Waals surface area contributed by atoms with Crippen LogP contribution in [0.5, 0.6) is 0 Å².